The van der Waals surface area contributed by atoms with E-state index in [-0.39, 0.29) is 0 Å². The molecular formula is C11H17N3. The van der Waals surface area contributed by atoms with Gasteiger partial charge in [0.05, 0.1) is 11.9 Å². The zero-order valence-corrected chi connectivity index (χ0v) is 8.45. The maximum Gasteiger partial charge on any atom is 0.0728 e. The summed E-state index contributed by atoms with van der Waals surface area (Å²) in [6.07, 6.45) is 10.9. The molecule has 14 heavy (non-hydrogen) atoms. The Morgan fingerprint density at radius 3 is 2.86 bits per heavy atom. The zero-order valence-electron chi connectivity index (χ0n) is 8.45. The average molecular weight is 191 g/mol. The minimum absolute atomic E-state index is 0.716. The van der Waals surface area contributed by atoms with Crippen molar-refractivity contribution >= 4 is 5.69 Å². The summed E-state index contributed by atoms with van der Waals surface area (Å²) in [4.78, 5) is 0. The SMILES string of the molecule is c1nn(CC2CC2)cc1NC1CCC1. The number of nitrogens with one attached hydrogen (secondary N) is 1. The molecule has 0 unspecified atom stereocenters. The lowest BCUT2D eigenvalue weighted by Gasteiger charge is -2.26. The smallest absolute Gasteiger partial charge is 0.0728 e. The Labute approximate surface area is 84.5 Å². The quantitative estimate of drug-likeness (QED) is 0.791. The molecule has 0 spiro atoms. The van der Waals surface area contributed by atoms with Crippen LogP contribution in [0.3, 0.4) is 0 Å². The zero-order chi connectivity index (χ0) is 9.38. The molecule has 0 amide bonds. The van der Waals surface area contributed by atoms with Gasteiger partial charge >= 0.3 is 0 Å². The van der Waals surface area contributed by atoms with Crippen molar-refractivity contribution in [3.05, 3.63) is 12.4 Å². The van der Waals surface area contributed by atoms with Crippen LogP contribution in [0.5, 0.6) is 0 Å². The minimum atomic E-state index is 0.716. The molecule has 0 aromatic carbocycles. The lowest BCUT2D eigenvalue weighted by Crippen LogP contribution is -2.26. The Balaban J connectivity index is 1.57. The predicted octanol–water partition coefficient (Wildman–Crippen LogP) is 2.26. The van der Waals surface area contributed by atoms with Crippen molar-refractivity contribution in [3.8, 4) is 0 Å². The fourth-order valence-electron chi connectivity index (χ4n) is 1.89. The summed E-state index contributed by atoms with van der Waals surface area (Å²) >= 11 is 0. The van der Waals surface area contributed by atoms with Gasteiger partial charge < -0.3 is 5.32 Å². The highest BCUT2D eigenvalue weighted by Crippen LogP contribution is 2.30. The van der Waals surface area contributed by atoms with Crippen LogP contribution in [0.25, 0.3) is 0 Å². The van der Waals surface area contributed by atoms with Crippen molar-refractivity contribution in [2.75, 3.05) is 5.32 Å². The van der Waals surface area contributed by atoms with Crippen molar-refractivity contribution in [1.29, 1.82) is 0 Å². The Bertz CT molecular complexity index is 310. The molecule has 2 saturated carbocycles. The molecule has 3 nitrogen and oxygen atoms in total. The molecule has 0 atom stereocenters. The molecule has 1 N–H and O–H groups in total. The molecule has 2 aliphatic carbocycles. The summed E-state index contributed by atoms with van der Waals surface area (Å²) in [5.41, 5.74) is 1.20. The molecule has 2 aliphatic rings. The largest absolute Gasteiger partial charge is 0.380 e. The summed E-state index contributed by atoms with van der Waals surface area (Å²) in [6, 6.07) is 0.716. The van der Waals surface area contributed by atoms with Gasteiger partial charge in [-0.2, -0.15) is 5.10 Å². The van der Waals surface area contributed by atoms with Crippen molar-refractivity contribution in [2.45, 2.75) is 44.7 Å². The second kappa shape index (κ2) is 3.30. The van der Waals surface area contributed by atoms with Crippen LogP contribution in [0.2, 0.25) is 0 Å². The normalized spacial score (nSPS) is 22.0. The molecule has 1 heterocycles. The highest BCUT2D eigenvalue weighted by Gasteiger charge is 2.22. The summed E-state index contributed by atoms with van der Waals surface area (Å²) < 4.78 is 2.08. The van der Waals surface area contributed by atoms with E-state index < -0.39 is 0 Å². The highest BCUT2D eigenvalue weighted by atomic mass is 15.3. The second-order valence-corrected chi connectivity index (χ2v) is 4.67. The summed E-state index contributed by atoms with van der Waals surface area (Å²) in [5, 5.41) is 7.87. The third-order valence-electron chi connectivity index (χ3n) is 3.25. The standard InChI is InChI=1S/C11H17N3/c1-2-10(3-1)13-11-6-12-14(8-11)7-9-4-5-9/h6,8-10,13H,1-5,7H2. The molecule has 1 aromatic heterocycles. The number of aromatic nitrogens is 2. The van der Waals surface area contributed by atoms with E-state index in [9.17, 15) is 0 Å². The van der Waals surface area contributed by atoms with Gasteiger partial charge in [0.25, 0.3) is 0 Å². The van der Waals surface area contributed by atoms with Gasteiger partial charge in [-0.05, 0) is 38.0 Å². The van der Waals surface area contributed by atoms with E-state index >= 15 is 0 Å². The molecule has 3 heteroatoms. The lowest BCUT2D eigenvalue weighted by atomic mass is 9.93. The van der Waals surface area contributed by atoms with E-state index in [0.29, 0.717) is 6.04 Å². The van der Waals surface area contributed by atoms with Gasteiger partial charge in [-0.3, -0.25) is 4.68 Å². The van der Waals surface area contributed by atoms with Gasteiger partial charge in [-0.15, -0.1) is 0 Å². The Hall–Kier alpha value is -0.990. The van der Waals surface area contributed by atoms with Crippen LogP contribution in [0.4, 0.5) is 5.69 Å². The van der Waals surface area contributed by atoms with Crippen LogP contribution in [-0.4, -0.2) is 15.8 Å². The van der Waals surface area contributed by atoms with Gasteiger partial charge in [0, 0.05) is 18.8 Å². The van der Waals surface area contributed by atoms with Crippen LogP contribution in [0.1, 0.15) is 32.1 Å². The number of nitrogens with zero attached hydrogens (tertiary/aromatic N) is 2. The van der Waals surface area contributed by atoms with Crippen LogP contribution < -0.4 is 5.32 Å². The lowest BCUT2D eigenvalue weighted by molar-refractivity contribution is 0.445. The van der Waals surface area contributed by atoms with E-state index in [2.05, 4.69) is 21.3 Å². The third-order valence-corrected chi connectivity index (χ3v) is 3.25. The molecule has 0 bridgehead atoms. The van der Waals surface area contributed by atoms with E-state index in [1.807, 2.05) is 6.20 Å². The first kappa shape index (κ1) is 8.33. The Kier molecular flexibility index (Phi) is 1.96. The molecule has 0 radical (unpaired) electrons. The summed E-state index contributed by atoms with van der Waals surface area (Å²) in [7, 11) is 0. The first-order valence-electron chi connectivity index (χ1n) is 5.69. The number of anilines is 1. The van der Waals surface area contributed by atoms with E-state index in [1.54, 1.807) is 0 Å². The average Bonchev–Trinajstić information content (AvgIpc) is 2.78. The molecule has 3 rings (SSSR count). The Morgan fingerprint density at radius 1 is 1.36 bits per heavy atom. The monoisotopic (exact) mass is 191 g/mol. The topological polar surface area (TPSA) is 29.9 Å². The van der Waals surface area contributed by atoms with Crippen molar-refractivity contribution in [3.63, 3.8) is 0 Å². The van der Waals surface area contributed by atoms with Crippen molar-refractivity contribution < 1.29 is 0 Å². The maximum atomic E-state index is 4.36. The van der Waals surface area contributed by atoms with Crippen LogP contribution in [0, 0.1) is 5.92 Å². The first-order valence-corrected chi connectivity index (χ1v) is 5.69. The minimum Gasteiger partial charge on any atom is -0.380 e. The van der Waals surface area contributed by atoms with Crippen molar-refractivity contribution in [1.82, 2.24) is 9.78 Å². The van der Waals surface area contributed by atoms with Crippen LogP contribution in [-0.2, 0) is 6.54 Å². The number of hydrogen-bond donors (Lipinski definition) is 1. The molecule has 0 saturated heterocycles. The molecule has 0 aliphatic heterocycles. The maximum absolute atomic E-state index is 4.36. The van der Waals surface area contributed by atoms with Crippen LogP contribution in [0.15, 0.2) is 12.4 Å². The fourth-order valence-corrected chi connectivity index (χ4v) is 1.89. The van der Waals surface area contributed by atoms with E-state index in [0.717, 1.165) is 12.5 Å². The molecule has 2 fully saturated rings. The Morgan fingerprint density at radius 2 is 2.21 bits per heavy atom. The molecular weight excluding hydrogens is 174 g/mol. The summed E-state index contributed by atoms with van der Waals surface area (Å²) in [5.74, 6) is 0.909. The second-order valence-electron chi connectivity index (χ2n) is 4.67. The predicted molar refractivity (Wildman–Crippen MR) is 56.2 cm³/mol. The van der Waals surface area contributed by atoms with Gasteiger partial charge in [0.15, 0.2) is 0 Å². The van der Waals surface area contributed by atoms with Gasteiger partial charge in [-0.1, -0.05) is 0 Å². The highest BCUT2D eigenvalue weighted by molar-refractivity contribution is 5.39. The fraction of sp³-hybridized carbons (Fsp3) is 0.727. The van der Waals surface area contributed by atoms with Crippen molar-refractivity contribution in [2.24, 2.45) is 5.92 Å². The summed E-state index contributed by atoms with van der Waals surface area (Å²) in [6.45, 7) is 1.12. The molecule has 76 valence electrons. The molecule has 1 aromatic rings. The van der Waals surface area contributed by atoms with Gasteiger partial charge in [0.2, 0.25) is 0 Å². The van der Waals surface area contributed by atoms with E-state index in [4.69, 9.17) is 0 Å². The number of hydrogen-bond acceptors (Lipinski definition) is 2. The third kappa shape index (κ3) is 1.76. The first-order chi connectivity index (χ1) is 6.90. The van der Waals surface area contributed by atoms with E-state index in [1.165, 1.54) is 37.8 Å². The van der Waals surface area contributed by atoms with Gasteiger partial charge in [-0.25, -0.2) is 0 Å². The number of rotatable bonds is 4. The van der Waals surface area contributed by atoms with Crippen LogP contribution >= 0.6 is 0 Å². The van der Waals surface area contributed by atoms with Gasteiger partial charge in [0.1, 0.15) is 0 Å².